The average molecular weight is 502 g/mol. The number of nitrogens with zero attached hydrogens (tertiary/aromatic N) is 1. The lowest BCUT2D eigenvalue weighted by Gasteiger charge is -2.29. The highest BCUT2D eigenvalue weighted by atomic mass is 32.1. The quantitative estimate of drug-likeness (QED) is 0.314. The second-order valence-corrected chi connectivity index (χ2v) is 10.7. The Kier molecular flexibility index (Phi) is 8.07. The van der Waals surface area contributed by atoms with E-state index in [4.69, 9.17) is 17.0 Å². The fourth-order valence-corrected chi connectivity index (χ4v) is 4.56. The van der Waals surface area contributed by atoms with Gasteiger partial charge in [-0.15, -0.1) is 0 Å². The minimum absolute atomic E-state index is 0.00767. The van der Waals surface area contributed by atoms with E-state index >= 15 is 0 Å². The third-order valence-corrected chi connectivity index (χ3v) is 6.73. The maximum absolute atomic E-state index is 13.1. The van der Waals surface area contributed by atoms with Gasteiger partial charge in [0, 0.05) is 35.6 Å². The van der Waals surface area contributed by atoms with Gasteiger partial charge in [-0.05, 0) is 59.9 Å². The van der Waals surface area contributed by atoms with Gasteiger partial charge in [-0.25, -0.2) is 0 Å². The van der Waals surface area contributed by atoms with Crippen LogP contribution in [0.5, 0.6) is 0 Å². The highest BCUT2D eigenvalue weighted by Gasteiger charge is 2.16. The smallest absolute Gasteiger partial charge is 0.193 e. The van der Waals surface area contributed by atoms with E-state index in [1.807, 2.05) is 48.5 Å². The second-order valence-electron chi connectivity index (χ2n) is 10.2. The van der Waals surface area contributed by atoms with E-state index in [-0.39, 0.29) is 17.2 Å². The Hall–Kier alpha value is -3.22. The van der Waals surface area contributed by atoms with Crippen LogP contribution in [0, 0.1) is 0 Å². The van der Waals surface area contributed by atoms with E-state index in [1.54, 1.807) is 0 Å². The summed E-state index contributed by atoms with van der Waals surface area (Å²) in [5.41, 5.74) is 5.70. The first-order valence-corrected chi connectivity index (χ1v) is 12.9. The van der Waals surface area contributed by atoms with Crippen molar-refractivity contribution >= 4 is 34.5 Å². The van der Waals surface area contributed by atoms with Gasteiger partial charge in [-0.1, -0.05) is 69.3 Å². The van der Waals surface area contributed by atoms with Crippen molar-refractivity contribution in [1.82, 2.24) is 5.32 Å². The van der Waals surface area contributed by atoms with Gasteiger partial charge in [0.2, 0.25) is 0 Å². The predicted molar refractivity (Wildman–Crippen MR) is 152 cm³/mol. The molecule has 1 aliphatic rings. The van der Waals surface area contributed by atoms with Crippen LogP contribution in [0.15, 0.2) is 72.8 Å². The predicted octanol–water partition coefficient (Wildman–Crippen LogP) is 6.10. The Labute approximate surface area is 219 Å². The van der Waals surface area contributed by atoms with Gasteiger partial charge in [0.25, 0.3) is 0 Å². The summed E-state index contributed by atoms with van der Waals surface area (Å²) in [7, 11) is 0. The van der Waals surface area contributed by atoms with Gasteiger partial charge in [-0.3, -0.25) is 4.79 Å². The molecule has 3 aromatic carbocycles. The fourth-order valence-electron chi connectivity index (χ4n) is 4.27. The first-order chi connectivity index (χ1) is 17.2. The summed E-state index contributed by atoms with van der Waals surface area (Å²) in [5, 5.41) is 7.09. The van der Waals surface area contributed by atoms with Crippen molar-refractivity contribution in [3.63, 3.8) is 0 Å². The number of carbonyl (C=O) groups excluding carboxylic acids is 1. The van der Waals surface area contributed by atoms with Crippen LogP contribution in [0.2, 0.25) is 0 Å². The van der Waals surface area contributed by atoms with Crippen LogP contribution in [0.1, 0.15) is 60.8 Å². The molecule has 36 heavy (non-hydrogen) atoms. The fraction of sp³-hybridized carbons (Fsp3) is 0.333. The second kappa shape index (κ2) is 11.2. The van der Waals surface area contributed by atoms with Crippen molar-refractivity contribution in [2.24, 2.45) is 0 Å². The number of hydrogen-bond donors (Lipinski definition) is 2. The van der Waals surface area contributed by atoms with Crippen LogP contribution < -0.4 is 15.5 Å². The number of morpholine rings is 1. The number of carbonyl (C=O) groups is 1. The number of hydrogen-bond acceptors (Lipinski definition) is 4. The zero-order chi connectivity index (χ0) is 25.7. The van der Waals surface area contributed by atoms with E-state index in [0.717, 1.165) is 37.6 Å². The Morgan fingerprint density at radius 2 is 1.61 bits per heavy atom. The number of ether oxygens (including phenoxy) is 1. The number of ketones is 1. The summed E-state index contributed by atoms with van der Waals surface area (Å²) in [6.07, 6.45) is 0. The molecule has 0 saturated carbocycles. The van der Waals surface area contributed by atoms with Crippen LogP contribution >= 0.6 is 12.2 Å². The van der Waals surface area contributed by atoms with Gasteiger partial charge in [0.05, 0.1) is 19.3 Å². The summed E-state index contributed by atoms with van der Waals surface area (Å²) in [4.78, 5) is 15.4. The first kappa shape index (κ1) is 25.9. The lowest BCUT2D eigenvalue weighted by atomic mass is 9.86. The molecule has 4 rings (SSSR count). The minimum Gasteiger partial charge on any atom is -0.378 e. The highest BCUT2D eigenvalue weighted by Crippen LogP contribution is 2.24. The first-order valence-electron chi connectivity index (χ1n) is 12.5. The van der Waals surface area contributed by atoms with Crippen LogP contribution in [-0.2, 0) is 10.2 Å². The largest absolute Gasteiger partial charge is 0.378 e. The van der Waals surface area contributed by atoms with Gasteiger partial charge >= 0.3 is 0 Å². The van der Waals surface area contributed by atoms with Crippen LogP contribution in [-0.4, -0.2) is 37.2 Å². The highest BCUT2D eigenvalue weighted by molar-refractivity contribution is 7.80. The van der Waals surface area contributed by atoms with Crippen molar-refractivity contribution in [2.75, 3.05) is 36.5 Å². The van der Waals surface area contributed by atoms with Crippen molar-refractivity contribution in [3.05, 3.63) is 95.1 Å². The molecule has 5 nitrogen and oxygen atoms in total. The van der Waals surface area contributed by atoms with E-state index in [0.29, 0.717) is 16.2 Å². The van der Waals surface area contributed by atoms with Gasteiger partial charge < -0.3 is 20.3 Å². The molecular weight excluding hydrogens is 466 g/mol. The number of anilines is 2. The summed E-state index contributed by atoms with van der Waals surface area (Å²) >= 11 is 5.56. The SMILES string of the molecule is C[C@H](NC(=S)Nc1cccc(C(=O)c2ccc(C(C)(C)C)cc2)c1)c1ccc(N2CCOCC2)cc1. The lowest BCUT2D eigenvalue weighted by Crippen LogP contribution is -2.36. The molecule has 0 aromatic heterocycles. The summed E-state index contributed by atoms with van der Waals surface area (Å²) in [6.45, 7) is 12.0. The molecule has 188 valence electrons. The van der Waals surface area contributed by atoms with Gasteiger partial charge in [0.1, 0.15) is 0 Å². The monoisotopic (exact) mass is 501 g/mol. The minimum atomic E-state index is -0.00767. The summed E-state index contributed by atoms with van der Waals surface area (Å²) < 4.78 is 5.44. The van der Waals surface area contributed by atoms with E-state index in [1.165, 1.54) is 11.3 Å². The van der Waals surface area contributed by atoms with E-state index < -0.39 is 0 Å². The standard InChI is InChI=1S/C30H35N3O2S/c1-21(22-10-14-27(15-11-22)33-16-18-35-19-17-33)31-29(36)32-26-7-5-6-24(20-26)28(34)23-8-12-25(13-9-23)30(2,3)4/h5-15,20-21H,16-19H2,1-4H3,(H2,31,32,36)/t21-/m0/s1. The zero-order valence-corrected chi connectivity index (χ0v) is 22.3. The number of rotatable bonds is 6. The van der Waals surface area contributed by atoms with Crippen molar-refractivity contribution in [3.8, 4) is 0 Å². The van der Waals surface area contributed by atoms with Crippen molar-refractivity contribution < 1.29 is 9.53 Å². The topological polar surface area (TPSA) is 53.6 Å². The van der Waals surface area contributed by atoms with E-state index in [9.17, 15) is 4.79 Å². The van der Waals surface area contributed by atoms with Crippen LogP contribution in [0.4, 0.5) is 11.4 Å². The zero-order valence-electron chi connectivity index (χ0n) is 21.5. The molecule has 6 heteroatoms. The molecule has 0 spiro atoms. The van der Waals surface area contributed by atoms with Crippen LogP contribution in [0.3, 0.4) is 0 Å². The molecule has 0 unspecified atom stereocenters. The molecule has 0 radical (unpaired) electrons. The molecule has 0 amide bonds. The molecule has 1 atom stereocenters. The molecule has 1 saturated heterocycles. The molecule has 3 aromatic rings. The third kappa shape index (κ3) is 6.50. The maximum atomic E-state index is 13.1. The Morgan fingerprint density at radius 1 is 0.944 bits per heavy atom. The average Bonchev–Trinajstić information content (AvgIpc) is 2.88. The number of thiocarbonyl (C=S) groups is 1. The Bertz CT molecular complexity index is 1190. The molecule has 0 bridgehead atoms. The normalized spacial score (nSPS) is 14.7. The lowest BCUT2D eigenvalue weighted by molar-refractivity contribution is 0.103. The molecule has 1 aliphatic heterocycles. The maximum Gasteiger partial charge on any atom is 0.193 e. The van der Waals surface area contributed by atoms with Crippen molar-refractivity contribution in [2.45, 2.75) is 39.2 Å². The third-order valence-electron chi connectivity index (χ3n) is 6.51. The van der Waals surface area contributed by atoms with Gasteiger partial charge in [0.15, 0.2) is 10.9 Å². The molecular formula is C30H35N3O2S. The number of nitrogens with one attached hydrogen (secondary N) is 2. The summed E-state index contributed by atoms with van der Waals surface area (Å²) in [5.74, 6) is -0.00767. The molecule has 1 heterocycles. The van der Waals surface area contributed by atoms with E-state index in [2.05, 4.69) is 67.5 Å². The van der Waals surface area contributed by atoms with Gasteiger partial charge in [-0.2, -0.15) is 0 Å². The molecule has 2 N–H and O–H groups in total. The summed E-state index contributed by atoms with van der Waals surface area (Å²) in [6, 6.07) is 23.9. The van der Waals surface area contributed by atoms with Crippen molar-refractivity contribution in [1.29, 1.82) is 0 Å². The van der Waals surface area contributed by atoms with Crippen LogP contribution in [0.25, 0.3) is 0 Å². The molecule has 0 aliphatic carbocycles. The Balaban J connectivity index is 1.36. The Morgan fingerprint density at radius 3 is 2.25 bits per heavy atom. The molecule has 1 fully saturated rings. The number of benzene rings is 3.